The number of aryl methyl sites for hydroxylation is 1. The zero-order valence-electron chi connectivity index (χ0n) is 19.7. The van der Waals surface area contributed by atoms with Crippen LogP contribution in [-0.4, -0.2) is 45.6 Å². The van der Waals surface area contributed by atoms with Crippen LogP contribution in [0.5, 0.6) is 17.2 Å². The highest BCUT2D eigenvalue weighted by atomic mass is 32.2. The first-order chi connectivity index (χ1) is 16.9. The van der Waals surface area contributed by atoms with E-state index in [-0.39, 0.29) is 31.3 Å². The van der Waals surface area contributed by atoms with Gasteiger partial charge in [-0.05, 0) is 60.4 Å². The summed E-state index contributed by atoms with van der Waals surface area (Å²) < 4.78 is 44.2. The summed E-state index contributed by atoms with van der Waals surface area (Å²) in [7, 11) is -2.39. The molecule has 1 N–H and O–H groups in total. The van der Waals surface area contributed by atoms with Gasteiger partial charge in [0.2, 0.25) is 22.7 Å². The minimum absolute atomic E-state index is 0.118. The largest absolute Gasteiger partial charge is 0.496 e. The normalized spacial score (nSPS) is 12.5. The molecule has 3 aromatic carbocycles. The molecule has 0 saturated heterocycles. The number of hydrogen-bond donors (Lipinski definition) is 1. The maximum absolute atomic E-state index is 13.5. The molecule has 1 heterocycles. The van der Waals surface area contributed by atoms with Crippen molar-refractivity contribution >= 4 is 15.9 Å². The smallest absolute Gasteiger partial charge is 0.243 e. The molecule has 0 atom stereocenters. The molecule has 35 heavy (non-hydrogen) atoms. The second-order valence-electron chi connectivity index (χ2n) is 8.17. The monoisotopic (exact) mass is 496 g/mol. The number of hydrogen-bond acceptors (Lipinski definition) is 6. The van der Waals surface area contributed by atoms with Gasteiger partial charge in [0, 0.05) is 13.1 Å². The number of sulfonamides is 1. The van der Waals surface area contributed by atoms with Crippen LogP contribution in [0.15, 0.2) is 71.6 Å². The van der Waals surface area contributed by atoms with Crippen LogP contribution in [0.25, 0.3) is 0 Å². The molecule has 0 saturated carbocycles. The number of methoxy groups -OCH3 is 1. The Bertz CT molecular complexity index is 1290. The average molecular weight is 497 g/mol. The van der Waals surface area contributed by atoms with Gasteiger partial charge in [0.05, 0.1) is 18.6 Å². The Labute approximate surface area is 205 Å². The standard InChI is InChI=1S/C26H28N2O6S/c1-19-14-22(9-11-23(19)32-2)35(30,31)28(13-12-20-6-4-3-5-7-20)17-26(29)27-16-21-8-10-24-25(15-21)34-18-33-24/h3-11,14-15H,12-13,16-18H2,1-2H3,(H,27,29). The highest BCUT2D eigenvalue weighted by Crippen LogP contribution is 2.32. The first-order valence-electron chi connectivity index (χ1n) is 11.2. The van der Waals surface area contributed by atoms with Gasteiger partial charge in [0.25, 0.3) is 0 Å². The first-order valence-corrected chi connectivity index (χ1v) is 12.6. The fraction of sp³-hybridized carbons (Fsp3) is 0.269. The molecule has 0 aliphatic carbocycles. The summed E-state index contributed by atoms with van der Waals surface area (Å²) in [5, 5.41) is 2.81. The van der Waals surface area contributed by atoms with E-state index in [2.05, 4.69) is 5.32 Å². The number of benzene rings is 3. The van der Waals surface area contributed by atoms with Crippen LogP contribution >= 0.6 is 0 Å². The number of ether oxygens (including phenoxy) is 3. The van der Waals surface area contributed by atoms with Crippen LogP contribution < -0.4 is 19.5 Å². The van der Waals surface area contributed by atoms with Gasteiger partial charge in [-0.2, -0.15) is 4.31 Å². The Morgan fingerprint density at radius 1 is 1.00 bits per heavy atom. The number of nitrogens with one attached hydrogen (secondary N) is 1. The number of nitrogens with zero attached hydrogens (tertiary/aromatic N) is 1. The number of amides is 1. The highest BCUT2D eigenvalue weighted by molar-refractivity contribution is 7.89. The number of rotatable bonds is 10. The summed E-state index contributed by atoms with van der Waals surface area (Å²) in [6.45, 7) is 2.05. The molecule has 1 amide bonds. The average Bonchev–Trinajstić information content (AvgIpc) is 3.33. The Kier molecular flexibility index (Phi) is 7.57. The van der Waals surface area contributed by atoms with E-state index < -0.39 is 15.9 Å². The second kappa shape index (κ2) is 10.8. The molecule has 0 radical (unpaired) electrons. The number of fused-ring (bicyclic) bond motifs is 1. The molecular formula is C26H28N2O6S. The van der Waals surface area contributed by atoms with Gasteiger partial charge < -0.3 is 19.5 Å². The topological polar surface area (TPSA) is 94.2 Å². The van der Waals surface area contributed by atoms with E-state index in [9.17, 15) is 13.2 Å². The van der Waals surface area contributed by atoms with Crippen molar-refractivity contribution in [2.24, 2.45) is 0 Å². The molecule has 8 nitrogen and oxygen atoms in total. The summed E-state index contributed by atoms with van der Waals surface area (Å²) in [4.78, 5) is 12.9. The van der Waals surface area contributed by atoms with E-state index >= 15 is 0 Å². The van der Waals surface area contributed by atoms with E-state index in [1.807, 2.05) is 36.4 Å². The van der Waals surface area contributed by atoms with E-state index in [1.54, 1.807) is 31.2 Å². The SMILES string of the molecule is COc1ccc(S(=O)(=O)N(CCc2ccccc2)CC(=O)NCc2ccc3c(c2)OCO3)cc1C. The molecule has 1 aliphatic rings. The lowest BCUT2D eigenvalue weighted by molar-refractivity contribution is -0.121. The predicted octanol–water partition coefficient (Wildman–Crippen LogP) is 3.28. The Morgan fingerprint density at radius 2 is 1.77 bits per heavy atom. The second-order valence-corrected chi connectivity index (χ2v) is 10.1. The fourth-order valence-electron chi connectivity index (χ4n) is 3.81. The highest BCUT2D eigenvalue weighted by Gasteiger charge is 2.27. The molecule has 4 rings (SSSR count). The number of carbonyl (C=O) groups excluding carboxylic acids is 1. The van der Waals surface area contributed by atoms with Gasteiger partial charge in [-0.15, -0.1) is 0 Å². The molecule has 0 unspecified atom stereocenters. The lowest BCUT2D eigenvalue weighted by Gasteiger charge is -2.22. The molecule has 0 bridgehead atoms. The molecule has 1 aliphatic heterocycles. The summed E-state index contributed by atoms with van der Waals surface area (Å²) >= 11 is 0. The van der Waals surface area contributed by atoms with Gasteiger partial charge in [-0.1, -0.05) is 36.4 Å². The van der Waals surface area contributed by atoms with E-state index in [1.165, 1.54) is 17.5 Å². The fourth-order valence-corrected chi connectivity index (χ4v) is 5.29. The van der Waals surface area contributed by atoms with E-state index in [0.29, 0.717) is 29.2 Å². The molecule has 0 fully saturated rings. The van der Waals surface area contributed by atoms with Crippen LogP contribution in [0.3, 0.4) is 0 Å². The van der Waals surface area contributed by atoms with Crippen molar-refractivity contribution in [2.45, 2.75) is 24.8 Å². The molecule has 0 aromatic heterocycles. The Balaban J connectivity index is 1.49. The molecule has 0 spiro atoms. The first kappa shape index (κ1) is 24.6. The van der Waals surface area contributed by atoms with Crippen molar-refractivity contribution in [1.29, 1.82) is 0 Å². The van der Waals surface area contributed by atoms with Crippen LogP contribution in [0.2, 0.25) is 0 Å². The van der Waals surface area contributed by atoms with Crippen LogP contribution in [0.1, 0.15) is 16.7 Å². The maximum atomic E-state index is 13.5. The van der Waals surface area contributed by atoms with Crippen molar-refractivity contribution < 1.29 is 27.4 Å². The zero-order chi connectivity index (χ0) is 24.8. The van der Waals surface area contributed by atoms with Crippen molar-refractivity contribution in [3.8, 4) is 17.2 Å². The van der Waals surface area contributed by atoms with Crippen molar-refractivity contribution in [3.63, 3.8) is 0 Å². The number of carbonyl (C=O) groups is 1. The Morgan fingerprint density at radius 3 is 2.51 bits per heavy atom. The quantitative estimate of drug-likeness (QED) is 0.463. The van der Waals surface area contributed by atoms with Gasteiger partial charge in [0.1, 0.15) is 5.75 Å². The predicted molar refractivity (Wildman–Crippen MR) is 131 cm³/mol. The maximum Gasteiger partial charge on any atom is 0.243 e. The van der Waals surface area contributed by atoms with Crippen molar-refractivity contribution in [3.05, 3.63) is 83.4 Å². The van der Waals surface area contributed by atoms with E-state index in [4.69, 9.17) is 14.2 Å². The molecule has 3 aromatic rings. The zero-order valence-corrected chi connectivity index (χ0v) is 20.5. The van der Waals surface area contributed by atoms with E-state index in [0.717, 1.165) is 11.1 Å². The van der Waals surface area contributed by atoms with Crippen LogP contribution in [0, 0.1) is 6.92 Å². The summed E-state index contributed by atoms with van der Waals surface area (Å²) in [6.07, 6.45) is 0.477. The lowest BCUT2D eigenvalue weighted by Crippen LogP contribution is -2.41. The minimum Gasteiger partial charge on any atom is -0.496 e. The lowest BCUT2D eigenvalue weighted by atomic mass is 10.1. The molecule has 184 valence electrons. The molecule has 9 heteroatoms. The third-order valence-electron chi connectivity index (χ3n) is 5.74. The summed E-state index contributed by atoms with van der Waals surface area (Å²) in [6, 6.07) is 19.7. The summed E-state index contributed by atoms with van der Waals surface area (Å²) in [5.74, 6) is 1.48. The van der Waals surface area contributed by atoms with Gasteiger partial charge >= 0.3 is 0 Å². The van der Waals surface area contributed by atoms with Crippen molar-refractivity contribution in [1.82, 2.24) is 9.62 Å². The minimum atomic E-state index is -3.92. The third-order valence-corrected chi connectivity index (χ3v) is 7.58. The van der Waals surface area contributed by atoms with Gasteiger partial charge in [-0.25, -0.2) is 8.42 Å². The third kappa shape index (κ3) is 5.93. The van der Waals surface area contributed by atoms with Crippen LogP contribution in [0.4, 0.5) is 0 Å². The molecular weight excluding hydrogens is 468 g/mol. The van der Waals surface area contributed by atoms with Crippen molar-refractivity contribution in [2.75, 3.05) is 27.0 Å². The van der Waals surface area contributed by atoms with Crippen LogP contribution in [-0.2, 0) is 27.8 Å². The van der Waals surface area contributed by atoms with Gasteiger partial charge in [0.15, 0.2) is 11.5 Å². The summed E-state index contributed by atoms with van der Waals surface area (Å²) in [5.41, 5.74) is 2.51. The van der Waals surface area contributed by atoms with Gasteiger partial charge in [-0.3, -0.25) is 4.79 Å². The Hall–Kier alpha value is -3.56.